The van der Waals surface area contributed by atoms with Crippen LogP contribution < -0.4 is 10.9 Å². The predicted molar refractivity (Wildman–Crippen MR) is 67.9 cm³/mol. The topological polar surface area (TPSA) is 84.5 Å². The molecule has 1 rings (SSSR count). The Morgan fingerprint density at radius 1 is 1.05 bits per heavy atom. The predicted octanol–water partition coefficient (Wildman–Crippen LogP) is 0.791. The van der Waals surface area contributed by atoms with Gasteiger partial charge in [0.05, 0.1) is 13.0 Å². The van der Waals surface area contributed by atoms with Crippen molar-refractivity contribution < 1.29 is 19.1 Å². The van der Waals surface area contributed by atoms with Gasteiger partial charge in [0.15, 0.2) is 0 Å². The summed E-state index contributed by atoms with van der Waals surface area (Å²) in [6, 6.07) is 8.48. The molecule has 0 fully saturated rings. The van der Waals surface area contributed by atoms with E-state index in [4.69, 9.17) is 0 Å². The summed E-state index contributed by atoms with van der Waals surface area (Å²) < 4.78 is 4.68. The molecular weight excluding hydrogens is 248 g/mol. The summed E-state index contributed by atoms with van der Waals surface area (Å²) in [5.41, 5.74) is 4.93. The van der Waals surface area contributed by atoms with Crippen molar-refractivity contribution in [3.8, 4) is 0 Å². The number of hydrazine groups is 1. The van der Waals surface area contributed by atoms with Crippen LogP contribution in [0.3, 0.4) is 0 Å². The first kappa shape index (κ1) is 14.7. The number of carbonyl (C=O) groups excluding carboxylic acids is 3. The third-order valence-electron chi connectivity index (χ3n) is 2.21. The van der Waals surface area contributed by atoms with Crippen LogP contribution >= 0.6 is 0 Å². The van der Waals surface area contributed by atoms with E-state index in [1.54, 1.807) is 37.3 Å². The van der Waals surface area contributed by atoms with Gasteiger partial charge in [-0.25, -0.2) is 0 Å². The summed E-state index contributed by atoms with van der Waals surface area (Å²) in [4.78, 5) is 33.9. The van der Waals surface area contributed by atoms with E-state index in [-0.39, 0.29) is 19.4 Å². The molecule has 0 atom stereocenters. The third kappa shape index (κ3) is 5.67. The molecule has 102 valence electrons. The molecule has 0 heterocycles. The van der Waals surface area contributed by atoms with Gasteiger partial charge >= 0.3 is 5.97 Å². The quantitative estimate of drug-likeness (QED) is 0.608. The van der Waals surface area contributed by atoms with Crippen molar-refractivity contribution in [2.24, 2.45) is 0 Å². The molecule has 1 aromatic rings. The molecule has 0 bridgehead atoms. The Bertz CT molecular complexity index is 445. The maximum Gasteiger partial charge on any atom is 0.306 e. The van der Waals surface area contributed by atoms with Gasteiger partial charge in [-0.15, -0.1) is 0 Å². The van der Waals surface area contributed by atoms with Crippen molar-refractivity contribution in [2.45, 2.75) is 19.8 Å². The highest BCUT2D eigenvalue weighted by molar-refractivity contribution is 5.95. The lowest BCUT2D eigenvalue weighted by atomic mass is 10.2. The number of rotatable bonds is 5. The van der Waals surface area contributed by atoms with Gasteiger partial charge in [0.2, 0.25) is 5.91 Å². The van der Waals surface area contributed by atoms with Gasteiger partial charge in [-0.1, -0.05) is 18.2 Å². The molecule has 6 heteroatoms. The summed E-state index contributed by atoms with van der Waals surface area (Å²) in [7, 11) is 0. The fraction of sp³-hybridized carbons (Fsp3) is 0.308. The van der Waals surface area contributed by atoms with Crippen molar-refractivity contribution in [3.05, 3.63) is 35.9 Å². The maximum absolute atomic E-state index is 11.6. The minimum absolute atomic E-state index is 0.0130. The SMILES string of the molecule is CCOC(=O)CCC(=O)NNC(=O)c1ccccc1. The monoisotopic (exact) mass is 264 g/mol. The smallest absolute Gasteiger partial charge is 0.306 e. The lowest BCUT2D eigenvalue weighted by Crippen LogP contribution is -2.41. The summed E-state index contributed by atoms with van der Waals surface area (Å²) in [6.45, 7) is 1.98. The molecule has 19 heavy (non-hydrogen) atoms. The van der Waals surface area contributed by atoms with Crippen molar-refractivity contribution in [1.29, 1.82) is 0 Å². The van der Waals surface area contributed by atoms with E-state index in [0.29, 0.717) is 5.56 Å². The minimum atomic E-state index is -0.447. The number of hydrogen-bond donors (Lipinski definition) is 2. The Hall–Kier alpha value is -2.37. The Labute approximate surface area is 111 Å². The summed E-state index contributed by atoms with van der Waals surface area (Å²) in [6.07, 6.45) is -0.0468. The zero-order valence-electron chi connectivity index (χ0n) is 10.6. The third-order valence-corrected chi connectivity index (χ3v) is 2.21. The van der Waals surface area contributed by atoms with Crippen LogP contribution in [0.1, 0.15) is 30.1 Å². The van der Waals surface area contributed by atoms with E-state index < -0.39 is 17.8 Å². The first-order valence-corrected chi connectivity index (χ1v) is 5.93. The van der Waals surface area contributed by atoms with Crippen LogP contribution in [0.5, 0.6) is 0 Å². The average Bonchev–Trinajstić information content (AvgIpc) is 2.44. The minimum Gasteiger partial charge on any atom is -0.466 e. The van der Waals surface area contributed by atoms with E-state index in [9.17, 15) is 14.4 Å². The van der Waals surface area contributed by atoms with Gasteiger partial charge in [0.1, 0.15) is 0 Å². The standard InChI is InChI=1S/C13H16N2O4/c1-2-19-12(17)9-8-11(16)14-15-13(18)10-6-4-3-5-7-10/h3-7H,2,8-9H2,1H3,(H,14,16)(H,15,18). The molecule has 0 aliphatic heterocycles. The summed E-state index contributed by atoms with van der Waals surface area (Å²) in [5.74, 6) is -1.30. The zero-order chi connectivity index (χ0) is 14.1. The highest BCUT2D eigenvalue weighted by Crippen LogP contribution is 1.97. The molecule has 0 radical (unpaired) electrons. The molecule has 0 aliphatic rings. The molecule has 0 aliphatic carbocycles. The van der Waals surface area contributed by atoms with Gasteiger partial charge in [-0.3, -0.25) is 25.2 Å². The van der Waals surface area contributed by atoms with Crippen LogP contribution in [0.4, 0.5) is 0 Å². The number of carbonyl (C=O) groups is 3. The lowest BCUT2D eigenvalue weighted by molar-refractivity contribution is -0.144. The van der Waals surface area contributed by atoms with Gasteiger partial charge < -0.3 is 4.74 Å². The van der Waals surface area contributed by atoms with Crippen molar-refractivity contribution in [1.82, 2.24) is 10.9 Å². The second-order valence-electron chi connectivity index (χ2n) is 3.67. The normalized spacial score (nSPS) is 9.53. The van der Waals surface area contributed by atoms with Crippen LogP contribution in [0.25, 0.3) is 0 Å². The van der Waals surface area contributed by atoms with E-state index in [0.717, 1.165) is 0 Å². The van der Waals surface area contributed by atoms with Gasteiger partial charge in [0.25, 0.3) is 5.91 Å². The number of esters is 1. The number of hydrogen-bond acceptors (Lipinski definition) is 4. The van der Waals surface area contributed by atoms with Crippen LogP contribution in [0, 0.1) is 0 Å². The van der Waals surface area contributed by atoms with Crippen LogP contribution in [-0.2, 0) is 14.3 Å². The number of nitrogens with one attached hydrogen (secondary N) is 2. The van der Waals surface area contributed by atoms with E-state index >= 15 is 0 Å². The van der Waals surface area contributed by atoms with Gasteiger partial charge in [0, 0.05) is 12.0 Å². The molecule has 0 spiro atoms. The Morgan fingerprint density at radius 3 is 2.37 bits per heavy atom. The molecular formula is C13H16N2O4. The Morgan fingerprint density at radius 2 is 1.74 bits per heavy atom. The number of ether oxygens (including phenoxy) is 1. The van der Waals surface area contributed by atoms with Gasteiger partial charge in [-0.2, -0.15) is 0 Å². The van der Waals surface area contributed by atoms with Crippen LogP contribution in [0.15, 0.2) is 30.3 Å². The number of amides is 2. The molecule has 0 saturated carbocycles. The highest BCUT2D eigenvalue weighted by atomic mass is 16.5. The highest BCUT2D eigenvalue weighted by Gasteiger charge is 2.09. The maximum atomic E-state index is 11.6. The molecule has 0 saturated heterocycles. The first-order valence-electron chi connectivity index (χ1n) is 5.93. The fourth-order valence-electron chi connectivity index (χ4n) is 1.30. The second kappa shape index (κ2) is 7.86. The average molecular weight is 264 g/mol. The second-order valence-corrected chi connectivity index (χ2v) is 3.67. The number of benzene rings is 1. The molecule has 2 N–H and O–H groups in total. The zero-order valence-corrected chi connectivity index (χ0v) is 10.6. The van der Waals surface area contributed by atoms with E-state index in [1.165, 1.54) is 0 Å². The van der Waals surface area contributed by atoms with Crippen molar-refractivity contribution in [2.75, 3.05) is 6.61 Å². The van der Waals surface area contributed by atoms with E-state index in [1.807, 2.05) is 0 Å². The van der Waals surface area contributed by atoms with Crippen LogP contribution in [-0.4, -0.2) is 24.4 Å². The Balaban J connectivity index is 2.27. The molecule has 2 amide bonds. The van der Waals surface area contributed by atoms with Crippen LogP contribution in [0.2, 0.25) is 0 Å². The summed E-state index contributed by atoms with van der Waals surface area (Å²) in [5, 5.41) is 0. The van der Waals surface area contributed by atoms with Crippen molar-refractivity contribution >= 4 is 17.8 Å². The first-order chi connectivity index (χ1) is 9.13. The van der Waals surface area contributed by atoms with Crippen molar-refractivity contribution in [3.63, 3.8) is 0 Å². The van der Waals surface area contributed by atoms with Gasteiger partial charge in [-0.05, 0) is 19.1 Å². The Kier molecular flexibility index (Phi) is 6.08. The molecule has 0 unspecified atom stereocenters. The lowest BCUT2D eigenvalue weighted by Gasteiger charge is -2.07. The fourth-order valence-corrected chi connectivity index (χ4v) is 1.30. The summed E-state index contributed by atoms with van der Waals surface area (Å²) >= 11 is 0. The largest absolute Gasteiger partial charge is 0.466 e. The van der Waals surface area contributed by atoms with E-state index in [2.05, 4.69) is 15.6 Å². The molecule has 6 nitrogen and oxygen atoms in total. The molecule has 0 aromatic heterocycles. The molecule has 1 aromatic carbocycles.